The van der Waals surface area contributed by atoms with Gasteiger partial charge >= 0.3 is 10.0 Å². The summed E-state index contributed by atoms with van der Waals surface area (Å²) in [7, 11) is -1.45. The Bertz CT molecular complexity index is 80.1. The van der Waals surface area contributed by atoms with Gasteiger partial charge < -0.3 is 4.43 Å². The van der Waals surface area contributed by atoms with E-state index in [1.54, 1.807) is 0 Å². The highest BCUT2D eigenvalue weighted by atomic mass is 28.2. The van der Waals surface area contributed by atoms with E-state index < -0.39 is 10.0 Å². The van der Waals surface area contributed by atoms with Gasteiger partial charge in [-0.3, -0.25) is 4.80 Å². The number of rotatable bonds is 7. The molecule has 0 saturated heterocycles. The van der Waals surface area contributed by atoms with Gasteiger partial charge in [0.05, 0.1) is 6.61 Å². The highest BCUT2D eigenvalue weighted by molar-refractivity contribution is 6.15. The smallest absolute Gasteiger partial charge is 0.343 e. The van der Waals surface area contributed by atoms with Crippen molar-refractivity contribution in [1.82, 2.24) is 0 Å². The van der Waals surface area contributed by atoms with Crippen molar-refractivity contribution in [3.8, 4) is 0 Å². The van der Waals surface area contributed by atoms with Gasteiger partial charge in [0.2, 0.25) is 0 Å². The Morgan fingerprint density at radius 3 is 2.73 bits per heavy atom. The Morgan fingerprint density at radius 1 is 1.45 bits per heavy atom. The minimum atomic E-state index is -1.45. The second kappa shape index (κ2) is 8.20. The maximum Gasteiger partial charge on any atom is 0.343 e. The van der Waals surface area contributed by atoms with E-state index in [1.807, 2.05) is 0 Å². The molecule has 0 aliphatic carbocycles. The monoisotopic (exact) mass is 176 g/mol. The lowest BCUT2D eigenvalue weighted by molar-refractivity contribution is 0.167. The van der Waals surface area contributed by atoms with E-state index in [4.69, 9.17) is 4.43 Å². The Hall–Kier alpha value is 0.0969. The zero-order chi connectivity index (χ0) is 8.53. The van der Waals surface area contributed by atoms with Gasteiger partial charge in [-0.05, 0) is 25.2 Å². The first-order valence-electron chi connectivity index (χ1n) is 4.05. The molecule has 1 unspecified atom stereocenters. The fourth-order valence-electron chi connectivity index (χ4n) is 0.938. The summed E-state index contributed by atoms with van der Waals surface area (Å²) in [6, 6.07) is 0. The molecule has 0 fully saturated rings. The van der Waals surface area contributed by atoms with Crippen molar-refractivity contribution < 1.29 is 14.3 Å². The van der Waals surface area contributed by atoms with Gasteiger partial charge in [-0.2, -0.15) is 0 Å². The van der Waals surface area contributed by atoms with Crippen LogP contribution >= 0.6 is 0 Å². The standard InChI is InChI=1S/C7H16O3Si/c1-7(4-5-8)3-2-6-10-11-9/h7H,2-6,11H2,1H3. The van der Waals surface area contributed by atoms with Gasteiger partial charge in [0.15, 0.2) is 0 Å². The molecule has 0 aromatic rings. The summed E-state index contributed by atoms with van der Waals surface area (Å²) in [6.45, 7) is 2.67. The molecule has 2 radical (unpaired) electrons. The molecule has 0 aliphatic rings. The topological polar surface area (TPSA) is 49.0 Å². The van der Waals surface area contributed by atoms with Crippen LogP contribution in [0.25, 0.3) is 0 Å². The highest BCUT2D eigenvalue weighted by Crippen LogP contribution is 2.08. The van der Waals surface area contributed by atoms with Crippen molar-refractivity contribution >= 4 is 10.0 Å². The summed E-state index contributed by atoms with van der Waals surface area (Å²) in [5.41, 5.74) is 0. The summed E-state index contributed by atoms with van der Waals surface area (Å²) in [6.07, 6.45) is 2.68. The van der Waals surface area contributed by atoms with Crippen molar-refractivity contribution in [2.45, 2.75) is 26.2 Å². The molecule has 4 heteroatoms. The van der Waals surface area contributed by atoms with Crippen LogP contribution in [-0.2, 0) is 14.3 Å². The normalized spacial score (nSPS) is 14.5. The Morgan fingerprint density at radius 2 is 2.18 bits per heavy atom. The molecule has 0 heterocycles. The van der Waals surface area contributed by atoms with E-state index in [2.05, 4.69) is 6.92 Å². The Labute approximate surface area is 70.5 Å². The van der Waals surface area contributed by atoms with Crippen LogP contribution in [0.2, 0.25) is 0 Å². The second-order valence-electron chi connectivity index (χ2n) is 2.77. The maximum absolute atomic E-state index is 10.2. The third kappa shape index (κ3) is 8.00. The lowest BCUT2D eigenvalue weighted by Crippen LogP contribution is -2.02. The van der Waals surface area contributed by atoms with Crippen LogP contribution in [-0.4, -0.2) is 23.2 Å². The summed E-state index contributed by atoms with van der Waals surface area (Å²) < 4.78 is 4.77. The lowest BCUT2D eigenvalue weighted by atomic mass is 10.0. The number of hydrogen-bond donors (Lipinski definition) is 0. The average molecular weight is 176 g/mol. The molecule has 66 valence electrons. The molecule has 0 amide bonds. The Kier molecular flexibility index (Phi) is 8.27. The van der Waals surface area contributed by atoms with E-state index in [0.29, 0.717) is 12.5 Å². The van der Waals surface area contributed by atoms with E-state index in [9.17, 15) is 9.90 Å². The van der Waals surface area contributed by atoms with Crippen molar-refractivity contribution in [2.24, 2.45) is 5.92 Å². The summed E-state index contributed by atoms with van der Waals surface area (Å²) in [5, 5.41) is 10.2. The zero-order valence-electron chi connectivity index (χ0n) is 7.04. The van der Waals surface area contributed by atoms with Gasteiger partial charge in [-0.15, -0.1) is 0 Å². The van der Waals surface area contributed by atoms with Gasteiger partial charge in [0.25, 0.3) is 0 Å². The van der Waals surface area contributed by atoms with Crippen molar-refractivity contribution in [3.63, 3.8) is 0 Å². The van der Waals surface area contributed by atoms with Crippen LogP contribution in [0.4, 0.5) is 0 Å². The molecule has 0 spiro atoms. The highest BCUT2D eigenvalue weighted by Gasteiger charge is 2.00. The predicted molar refractivity (Wildman–Crippen MR) is 43.8 cm³/mol. The van der Waals surface area contributed by atoms with Gasteiger partial charge in [-0.1, -0.05) is 6.92 Å². The van der Waals surface area contributed by atoms with Crippen molar-refractivity contribution in [3.05, 3.63) is 0 Å². The number of hydrogen-bond acceptors (Lipinski definition) is 1. The van der Waals surface area contributed by atoms with Crippen LogP contribution in [0.15, 0.2) is 0 Å². The van der Waals surface area contributed by atoms with Crippen LogP contribution in [0.3, 0.4) is 0 Å². The SMILES string of the molecule is CC(CC[O])CCCO[SiH2][O]. The van der Waals surface area contributed by atoms with Gasteiger partial charge in [0, 0.05) is 6.61 Å². The van der Waals surface area contributed by atoms with E-state index in [-0.39, 0.29) is 6.61 Å². The molecule has 0 aromatic carbocycles. The molecule has 0 rings (SSSR count). The first-order valence-corrected chi connectivity index (χ1v) is 5.20. The third-order valence-corrected chi connectivity index (χ3v) is 2.13. The van der Waals surface area contributed by atoms with E-state index in [0.717, 1.165) is 19.3 Å². The second-order valence-corrected chi connectivity index (χ2v) is 3.41. The maximum atomic E-state index is 10.2. The molecular weight excluding hydrogens is 160 g/mol. The first-order chi connectivity index (χ1) is 5.31. The molecule has 0 aromatic heterocycles. The van der Waals surface area contributed by atoms with E-state index in [1.165, 1.54) is 0 Å². The molecular formula is C7H16O3Si. The molecule has 11 heavy (non-hydrogen) atoms. The van der Waals surface area contributed by atoms with Crippen molar-refractivity contribution in [1.29, 1.82) is 0 Å². The summed E-state index contributed by atoms with van der Waals surface area (Å²) in [4.78, 5) is 9.97. The molecule has 0 bridgehead atoms. The first kappa shape index (κ1) is 11.1. The van der Waals surface area contributed by atoms with Crippen LogP contribution in [0.5, 0.6) is 0 Å². The fourth-order valence-corrected chi connectivity index (χ4v) is 1.26. The molecule has 1 atom stereocenters. The third-order valence-electron chi connectivity index (χ3n) is 1.68. The van der Waals surface area contributed by atoms with Crippen molar-refractivity contribution in [2.75, 3.05) is 13.2 Å². The average Bonchev–Trinajstić information content (AvgIpc) is 1.99. The minimum absolute atomic E-state index is 0.0122. The quantitative estimate of drug-likeness (QED) is 0.415. The summed E-state index contributed by atoms with van der Waals surface area (Å²) in [5.74, 6) is 0.490. The molecule has 0 saturated carbocycles. The minimum Gasteiger partial charge on any atom is -0.397 e. The zero-order valence-corrected chi connectivity index (χ0v) is 8.46. The molecule has 0 N–H and O–H groups in total. The largest absolute Gasteiger partial charge is 0.397 e. The summed E-state index contributed by atoms with van der Waals surface area (Å²) >= 11 is 0. The van der Waals surface area contributed by atoms with Gasteiger partial charge in [0.1, 0.15) is 0 Å². The van der Waals surface area contributed by atoms with Crippen LogP contribution in [0, 0.1) is 5.92 Å². The van der Waals surface area contributed by atoms with E-state index >= 15 is 0 Å². The molecule has 0 aliphatic heterocycles. The molecule has 3 nitrogen and oxygen atoms in total. The predicted octanol–water partition coefficient (Wildman–Crippen LogP) is 0.669. The van der Waals surface area contributed by atoms with Gasteiger partial charge in [-0.25, -0.2) is 5.11 Å². The fraction of sp³-hybridized carbons (Fsp3) is 1.00. The van der Waals surface area contributed by atoms with Crippen LogP contribution in [0.1, 0.15) is 26.2 Å². The van der Waals surface area contributed by atoms with Crippen LogP contribution < -0.4 is 0 Å². The Balaban J connectivity index is 2.97. The lowest BCUT2D eigenvalue weighted by Gasteiger charge is -2.07.